The van der Waals surface area contributed by atoms with E-state index in [4.69, 9.17) is 15.3 Å². The van der Waals surface area contributed by atoms with E-state index < -0.39 is 0 Å². The van der Waals surface area contributed by atoms with Crippen LogP contribution in [0.25, 0.3) is 0 Å². The lowest BCUT2D eigenvalue weighted by molar-refractivity contribution is 0.0221. The zero-order chi connectivity index (χ0) is 12.3. The first kappa shape index (κ1) is 13.9. The molecule has 1 rings (SSSR count). The molecule has 96 valence electrons. The molecule has 0 bridgehead atoms. The Bertz CT molecular complexity index is 211. The van der Waals surface area contributed by atoms with Crippen LogP contribution in [-0.4, -0.2) is 31.0 Å². The van der Waals surface area contributed by atoms with Crippen LogP contribution in [0.4, 0.5) is 0 Å². The van der Waals surface area contributed by atoms with E-state index in [1.807, 2.05) is 13.8 Å². The molecule has 5 unspecified atom stereocenters. The molecule has 4 nitrogen and oxygen atoms in total. The molecule has 0 saturated carbocycles. The number of nitrogens with two attached hydrogens (primary N) is 1. The highest BCUT2D eigenvalue weighted by Gasteiger charge is 2.41. The van der Waals surface area contributed by atoms with E-state index in [1.54, 1.807) is 0 Å². The van der Waals surface area contributed by atoms with Crippen molar-refractivity contribution >= 4 is 0 Å². The molecule has 0 spiro atoms. The van der Waals surface area contributed by atoms with Crippen molar-refractivity contribution in [1.82, 2.24) is 5.43 Å². The predicted octanol–water partition coefficient (Wildman–Crippen LogP) is 1.30. The lowest BCUT2D eigenvalue weighted by Gasteiger charge is -2.28. The summed E-state index contributed by atoms with van der Waals surface area (Å²) in [7, 11) is 0. The normalized spacial score (nSPS) is 36.9. The summed E-state index contributed by atoms with van der Waals surface area (Å²) in [6.07, 6.45) is 0.776. The quantitative estimate of drug-likeness (QED) is 0.552. The van der Waals surface area contributed by atoms with Gasteiger partial charge >= 0.3 is 0 Å². The first-order valence-corrected chi connectivity index (χ1v) is 6.20. The predicted molar refractivity (Wildman–Crippen MR) is 64.9 cm³/mol. The lowest BCUT2D eigenvalue weighted by Crippen LogP contribution is -2.48. The minimum absolute atomic E-state index is 0.164. The van der Waals surface area contributed by atoms with E-state index in [0.29, 0.717) is 24.5 Å². The largest absolute Gasteiger partial charge is 0.377 e. The molecule has 5 atom stereocenters. The van der Waals surface area contributed by atoms with Gasteiger partial charge in [-0.15, -0.1) is 0 Å². The number of hydrogen-bond donors (Lipinski definition) is 2. The van der Waals surface area contributed by atoms with E-state index >= 15 is 0 Å². The minimum Gasteiger partial charge on any atom is -0.377 e. The summed E-state index contributed by atoms with van der Waals surface area (Å²) >= 11 is 0. The van der Waals surface area contributed by atoms with Crippen LogP contribution < -0.4 is 11.3 Å². The SMILES string of the molecule is CC(C)OCC(NN)C1C(C)OC(C)C1C. The average Bonchev–Trinajstić information content (AvgIpc) is 2.45. The second-order valence-corrected chi connectivity index (χ2v) is 5.14. The first-order valence-electron chi connectivity index (χ1n) is 6.20. The summed E-state index contributed by atoms with van der Waals surface area (Å²) in [5.74, 6) is 6.54. The summed E-state index contributed by atoms with van der Waals surface area (Å²) < 4.78 is 11.5. The van der Waals surface area contributed by atoms with E-state index in [0.717, 1.165) is 0 Å². The first-order chi connectivity index (χ1) is 7.47. The Labute approximate surface area is 98.8 Å². The average molecular weight is 230 g/mol. The molecular weight excluding hydrogens is 204 g/mol. The summed E-state index contributed by atoms with van der Waals surface area (Å²) in [6.45, 7) is 11.2. The second kappa shape index (κ2) is 5.96. The van der Waals surface area contributed by atoms with Crippen molar-refractivity contribution < 1.29 is 9.47 Å². The molecule has 1 aliphatic rings. The third kappa shape index (κ3) is 3.17. The zero-order valence-electron chi connectivity index (χ0n) is 11.1. The lowest BCUT2D eigenvalue weighted by atomic mass is 9.84. The summed E-state index contributed by atoms with van der Waals surface area (Å²) in [5.41, 5.74) is 2.88. The maximum absolute atomic E-state index is 5.82. The number of hydrogen-bond acceptors (Lipinski definition) is 4. The molecule has 4 heteroatoms. The van der Waals surface area contributed by atoms with Crippen LogP contribution in [0, 0.1) is 11.8 Å². The third-order valence-electron chi connectivity index (χ3n) is 3.61. The molecule has 0 amide bonds. The Hall–Kier alpha value is -0.160. The maximum Gasteiger partial charge on any atom is 0.0640 e. The van der Waals surface area contributed by atoms with Crippen LogP contribution in [0.5, 0.6) is 0 Å². The molecule has 0 radical (unpaired) electrons. The van der Waals surface area contributed by atoms with E-state index in [9.17, 15) is 0 Å². The fraction of sp³-hybridized carbons (Fsp3) is 1.00. The minimum atomic E-state index is 0.164. The monoisotopic (exact) mass is 230 g/mol. The van der Waals surface area contributed by atoms with Crippen molar-refractivity contribution in [1.29, 1.82) is 0 Å². The van der Waals surface area contributed by atoms with Crippen molar-refractivity contribution in [2.45, 2.75) is 59.0 Å². The van der Waals surface area contributed by atoms with Crippen molar-refractivity contribution in [2.75, 3.05) is 6.61 Å². The maximum atomic E-state index is 5.82. The molecule has 1 heterocycles. The van der Waals surface area contributed by atoms with Crippen molar-refractivity contribution in [3.63, 3.8) is 0 Å². The van der Waals surface area contributed by atoms with E-state index in [-0.39, 0.29) is 18.2 Å². The van der Waals surface area contributed by atoms with Crippen LogP contribution >= 0.6 is 0 Å². The fourth-order valence-corrected chi connectivity index (χ4v) is 2.55. The molecule has 1 fully saturated rings. The Morgan fingerprint density at radius 2 is 1.88 bits per heavy atom. The van der Waals surface area contributed by atoms with Crippen LogP contribution in [0.1, 0.15) is 34.6 Å². The molecular formula is C12H26N2O2. The van der Waals surface area contributed by atoms with Gasteiger partial charge in [-0.1, -0.05) is 6.92 Å². The molecule has 0 aromatic carbocycles. The smallest absolute Gasteiger partial charge is 0.0640 e. The molecule has 1 saturated heterocycles. The van der Waals surface area contributed by atoms with Gasteiger partial charge < -0.3 is 9.47 Å². The summed E-state index contributed by atoms with van der Waals surface area (Å²) in [5, 5.41) is 0. The Kier molecular flexibility index (Phi) is 5.18. The third-order valence-corrected chi connectivity index (χ3v) is 3.61. The van der Waals surface area contributed by atoms with Crippen molar-refractivity contribution in [2.24, 2.45) is 17.7 Å². The highest BCUT2D eigenvalue weighted by molar-refractivity contribution is 4.91. The molecule has 0 aromatic rings. The van der Waals surface area contributed by atoms with Gasteiger partial charge in [0.15, 0.2) is 0 Å². The van der Waals surface area contributed by atoms with Gasteiger partial charge in [-0.05, 0) is 33.6 Å². The van der Waals surface area contributed by atoms with Crippen LogP contribution in [0.15, 0.2) is 0 Å². The Morgan fingerprint density at radius 3 is 2.25 bits per heavy atom. The summed E-state index contributed by atoms with van der Waals surface area (Å²) in [6, 6.07) is 0.164. The van der Waals surface area contributed by atoms with E-state index in [2.05, 4.69) is 26.2 Å². The topological polar surface area (TPSA) is 56.5 Å². The standard InChI is InChI=1S/C12H26N2O2/c1-7(2)15-6-11(14-13)12-8(3)9(4)16-10(12)5/h7-12,14H,6,13H2,1-5H3. The van der Waals surface area contributed by atoms with Gasteiger partial charge in [0.2, 0.25) is 0 Å². The Morgan fingerprint density at radius 1 is 1.25 bits per heavy atom. The Balaban J connectivity index is 2.57. The number of ether oxygens (including phenoxy) is 2. The van der Waals surface area contributed by atoms with Gasteiger partial charge in [0.05, 0.1) is 31.0 Å². The second-order valence-electron chi connectivity index (χ2n) is 5.14. The summed E-state index contributed by atoms with van der Waals surface area (Å²) in [4.78, 5) is 0. The molecule has 16 heavy (non-hydrogen) atoms. The molecule has 0 aromatic heterocycles. The van der Waals surface area contributed by atoms with Crippen molar-refractivity contribution in [3.05, 3.63) is 0 Å². The number of nitrogens with one attached hydrogen (secondary N) is 1. The highest BCUT2D eigenvalue weighted by atomic mass is 16.5. The van der Waals surface area contributed by atoms with Crippen LogP contribution in [0.2, 0.25) is 0 Å². The van der Waals surface area contributed by atoms with Gasteiger partial charge in [0.1, 0.15) is 0 Å². The number of rotatable bonds is 5. The van der Waals surface area contributed by atoms with Gasteiger partial charge in [-0.25, -0.2) is 0 Å². The van der Waals surface area contributed by atoms with Gasteiger partial charge in [-0.2, -0.15) is 0 Å². The van der Waals surface area contributed by atoms with Gasteiger partial charge in [-0.3, -0.25) is 11.3 Å². The number of hydrazine groups is 1. The zero-order valence-corrected chi connectivity index (χ0v) is 11.1. The van der Waals surface area contributed by atoms with Gasteiger partial charge in [0.25, 0.3) is 0 Å². The van der Waals surface area contributed by atoms with E-state index in [1.165, 1.54) is 0 Å². The molecule has 1 aliphatic heterocycles. The fourth-order valence-electron chi connectivity index (χ4n) is 2.55. The highest BCUT2D eigenvalue weighted by Crippen LogP contribution is 2.34. The van der Waals surface area contributed by atoms with Crippen LogP contribution in [-0.2, 0) is 9.47 Å². The van der Waals surface area contributed by atoms with Gasteiger partial charge in [0, 0.05) is 5.92 Å². The van der Waals surface area contributed by atoms with Crippen molar-refractivity contribution in [3.8, 4) is 0 Å². The molecule has 0 aliphatic carbocycles. The van der Waals surface area contributed by atoms with Crippen LogP contribution in [0.3, 0.4) is 0 Å². The molecule has 3 N–H and O–H groups in total.